The number of carbonyl (C=O) groups excluding carboxylic acids is 2. The standard InChI is InChI=1S/C23H32N4O2/c1-4-23(5-2)12-19(28)27(22(24)26-23)13-17-14(3)20(17)21(29)25-18-11-10-15-8-6-7-9-16(15)18/h6-9,14,17-18,20H,4-5,10-13H2,1-3H3,(H2,24,26)(H,25,29)/t14?,17-,18-,20?/m0/s1. The number of guanidine groups is 1. The van der Waals surface area contributed by atoms with Crippen molar-refractivity contribution in [3.8, 4) is 0 Å². The number of carbonyl (C=O) groups is 2. The maximum atomic E-state index is 12.9. The van der Waals surface area contributed by atoms with Gasteiger partial charge in [-0.15, -0.1) is 0 Å². The van der Waals surface area contributed by atoms with E-state index in [4.69, 9.17) is 5.73 Å². The summed E-state index contributed by atoms with van der Waals surface area (Å²) in [6, 6.07) is 8.43. The van der Waals surface area contributed by atoms with Gasteiger partial charge >= 0.3 is 0 Å². The Morgan fingerprint density at radius 2 is 2.03 bits per heavy atom. The molecule has 4 atom stereocenters. The summed E-state index contributed by atoms with van der Waals surface area (Å²) in [5.41, 5.74) is 8.39. The zero-order valence-corrected chi connectivity index (χ0v) is 17.6. The summed E-state index contributed by atoms with van der Waals surface area (Å²) in [4.78, 5) is 31.9. The van der Waals surface area contributed by atoms with Crippen molar-refractivity contribution >= 4 is 17.8 Å². The van der Waals surface area contributed by atoms with E-state index in [1.807, 2.05) is 19.9 Å². The molecule has 1 aromatic rings. The molecular weight excluding hydrogens is 364 g/mol. The molecule has 0 spiro atoms. The van der Waals surface area contributed by atoms with Crippen molar-refractivity contribution < 1.29 is 9.59 Å². The molecule has 6 nitrogen and oxygen atoms in total. The monoisotopic (exact) mass is 396 g/mol. The lowest BCUT2D eigenvalue weighted by molar-refractivity contribution is -0.130. The largest absolute Gasteiger partial charge is 0.369 e. The fraction of sp³-hybridized carbons (Fsp3) is 0.609. The molecular formula is C23H32N4O2. The van der Waals surface area contributed by atoms with Crippen LogP contribution in [0.2, 0.25) is 0 Å². The molecule has 0 saturated heterocycles. The summed E-state index contributed by atoms with van der Waals surface area (Å²) >= 11 is 0. The predicted octanol–water partition coefficient (Wildman–Crippen LogP) is 2.78. The lowest BCUT2D eigenvalue weighted by Crippen LogP contribution is -2.52. The summed E-state index contributed by atoms with van der Waals surface area (Å²) in [6.45, 7) is 6.67. The highest BCUT2D eigenvalue weighted by Crippen LogP contribution is 2.47. The molecule has 2 unspecified atom stereocenters. The Bertz CT molecular complexity index is 845. The predicted molar refractivity (Wildman–Crippen MR) is 113 cm³/mol. The normalized spacial score (nSPS) is 30.0. The van der Waals surface area contributed by atoms with E-state index in [0.29, 0.717) is 18.9 Å². The molecule has 0 radical (unpaired) electrons. The first kappa shape index (κ1) is 19.9. The summed E-state index contributed by atoms with van der Waals surface area (Å²) in [6.07, 6.45) is 3.97. The van der Waals surface area contributed by atoms with Gasteiger partial charge in [0, 0.05) is 12.5 Å². The van der Waals surface area contributed by atoms with Gasteiger partial charge in [-0.25, -0.2) is 4.99 Å². The van der Waals surface area contributed by atoms with Crippen LogP contribution in [0.15, 0.2) is 29.3 Å². The first-order chi connectivity index (χ1) is 13.9. The SMILES string of the molecule is CCC1(CC)CC(=O)N(C[C@H]2C(C)C2C(=O)N[C@H]2CCc3ccccc32)C(N)=N1. The van der Waals surface area contributed by atoms with Gasteiger partial charge in [0.1, 0.15) is 0 Å². The second kappa shape index (κ2) is 7.47. The lowest BCUT2D eigenvalue weighted by Gasteiger charge is -2.36. The van der Waals surface area contributed by atoms with Gasteiger partial charge in [0.05, 0.1) is 18.0 Å². The van der Waals surface area contributed by atoms with Crippen molar-refractivity contribution in [2.24, 2.45) is 28.5 Å². The third-order valence-electron chi connectivity index (χ3n) is 7.43. The second-order valence-electron chi connectivity index (χ2n) is 8.93. The highest BCUT2D eigenvalue weighted by molar-refractivity contribution is 5.99. The van der Waals surface area contributed by atoms with Crippen molar-refractivity contribution in [2.45, 2.75) is 64.5 Å². The van der Waals surface area contributed by atoms with E-state index < -0.39 is 0 Å². The van der Waals surface area contributed by atoms with E-state index in [1.165, 1.54) is 11.1 Å². The molecule has 156 valence electrons. The minimum atomic E-state index is -0.362. The van der Waals surface area contributed by atoms with Crippen LogP contribution >= 0.6 is 0 Å². The Morgan fingerprint density at radius 1 is 1.31 bits per heavy atom. The first-order valence-electron chi connectivity index (χ1n) is 10.9. The van der Waals surface area contributed by atoms with Crippen LogP contribution in [0.4, 0.5) is 0 Å². The van der Waals surface area contributed by atoms with Crippen molar-refractivity contribution in [3.05, 3.63) is 35.4 Å². The van der Waals surface area contributed by atoms with Gasteiger partial charge in [-0.1, -0.05) is 45.0 Å². The van der Waals surface area contributed by atoms with Crippen molar-refractivity contribution in [1.82, 2.24) is 10.2 Å². The smallest absolute Gasteiger partial charge is 0.231 e. The maximum Gasteiger partial charge on any atom is 0.231 e. The van der Waals surface area contributed by atoms with Gasteiger partial charge < -0.3 is 11.1 Å². The van der Waals surface area contributed by atoms with Gasteiger partial charge in [-0.3, -0.25) is 14.5 Å². The van der Waals surface area contributed by atoms with Gasteiger partial charge in [-0.05, 0) is 48.6 Å². The van der Waals surface area contributed by atoms with Crippen LogP contribution in [0, 0.1) is 17.8 Å². The summed E-state index contributed by atoms with van der Waals surface area (Å²) in [5, 5.41) is 3.24. The van der Waals surface area contributed by atoms with Crippen molar-refractivity contribution in [1.29, 1.82) is 0 Å². The van der Waals surface area contributed by atoms with Crippen LogP contribution in [0.5, 0.6) is 0 Å². The number of nitrogens with zero attached hydrogens (tertiary/aromatic N) is 2. The van der Waals surface area contributed by atoms with Crippen LogP contribution in [-0.4, -0.2) is 34.8 Å². The minimum Gasteiger partial charge on any atom is -0.369 e. The molecule has 2 aliphatic carbocycles. The summed E-state index contributed by atoms with van der Waals surface area (Å²) < 4.78 is 0. The van der Waals surface area contributed by atoms with Crippen LogP contribution in [0.25, 0.3) is 0 Å². The number of nitrogens with two attached hydrogens (primary N) is 1. The quantitative estimate of drug-likeness (QED) is 0.775. The molecule has 0 aromatic heterocycles. The number of fused-ring (bicyclic) bond motifs is 1. The fourth-order valence-corrected chi connectivity index (χ4v) is 5.15. The molecule has 1 fully saturated rings. The number of hydrogen-bond donors (Lipinski definition) is 2. The molecule has 2 amide bonds. The third-order valence-corrected chi connectivity index (χ3v) is 7.43. The summed E-state index contributed by atoms with van der Waals surface area (Å²) in [5.74, 6) is 0.765. The van der Waals surface area contributed by atoms with E-state index in [0.717, 1.165) is 25.7 Å². The molecule has 29 heavy (non-hydrogen) atoms. The number of rotatable bonds is 6. The molecule has 4 rings (SSSR count). The molecule has 1 saturated carbocycles. The van der Waals surface area contributed by atoms with Crippen molar-refractivity contribution in [3.63, 3.8) is 0 Å². The average Bonchev–Trinajstić information content (AvgIpc) is 3.18. The number of aliphatic imine (C=N–C) groups is 1. The Balaban J connectivity index is 1.39. The average molecular weight is 397 g/mol. The number of amides is 2. The van der Waals surface area contributed by atoms with Gasteiger partial charge in [0.2, 0.25) is 11.8 Å². The summed E-state index contributed by atoms with van der Waals surface area (Å²) in [7, 11) is 0. The lowest BCUT2D eigenvalue weighted by atomic mass is 9.88. The molecule has 1 aliphatic heterocycles. The number of benzene rings is 1. The van der Waals surface area contributed by atoms with E-state index in [-0.39, 0.29) is 41.1 Å². The van der Waals surface area contributed by atoms with Crippen molar-refractivity contribution in [2.75, 3.05) is 6.54 Å². The Morgan fingerprint density at radius 3 is 2.72 bits per heavy atom. The highest BCUT2D eigenvalue weighted by Gasteiger charge is 2.53. The third kappa shape index (κ3) is 3.53. The topological polar surface area (TPSA) is 87.8 Å². The first-order valence-corrected chi connectivity index (χ1v) is 10.9. The van der Waals surface area contributed by atoms with Crippen LogP contribution in [0.1, 0.15) is 63.6 Å². The Kier molecular flexibility index (Phi) is 5.13. The van der Waals surface area contributed by atoms with Crippen LogP contribution in [-0.2, 0) is 16.0 Å². The Labute approximate surface area is 172 Å². The molecule has 6 heteroatoms. The number of aryl methyl sites for hydroxylation is 1. The zero-order valence-electron chi connectivity index (χ0n) is 17.6. The minimum absolute atomic E-state index is 0.0316. The van der Waals surface area contributed by atoms with E-state index in [9.17, 15) is 9.59 Å². The van der Waals surface area contributed by atoms with E-state index in [2.05, 4.69) is 35.4 Å². The van der Waals surface area contributed by atoms with Gasteiger partial charge in [-0.2, -0.15) is 0 Å². The van der Waals surface area contributed by atoms with E-state index in [1.54, 1.807) is 4.90 Å². The molecule has 1 heterocycles. The Hall–Kier alpha value is -2.37. The van der Waals surface area contributed by atoms with Crippen LogP contribution < -0.4 is 11.1 Å². The second-order valence-corrected chi connectivity index (χ2v) is 8.93. The highest BCUT2D eigenvalue weighted by atomic mass is 16.2. The molecule has 1 aromatic carbocycles. The maximum absolute atomic E-state index is 12.9. The molecule has 3 N–H and O–H groups in total. The van der Waals surface area contributed by atoms with Crippen LogP contribution in [0.3, 0.4) is 0 Å². The molecule has 0 bridgehead atoms. The van der Waals surface area contributed by atoms with Gasteiger partial charge in [0.25, 0.3) is 0 Å². The number of hydrogen-bond acceptors (Lipinski definition) is 4. The van der Waals surface area contributed by atoms with E-state index >= 15 is 0 Å². The van der Waals surface area contributed by atoms with Gasteiger partial charge in [0.15, 0.2) is 5.96 Å². The fourth-order valence-electron chi connectivity index (χ4n) is 5.15. The number of nitrogens with one attached hydrogen (secondary N) is 1. The molecule has 3 aliphatic rings. The zero-order chi connectivity index (χ0) is 20.8.